The molecule has 0 bridgehead atoms. The molecule has 3 rings (SSSR count). The zero-order valence-electron chi connectivity index (χ0n) is 15.8. The minimum Gasteiger partial charge on any atom is -0.267 e. The Labute approximate surface area is 158 Å². The second-order valence-electron chi connectivity index (χ2n) is 7.27. The van der Waals surface area contributed by atoms with E-state index in [1.165, 1.54) is 11.9 Å². The molecule has 2 aromatic carbocycles. The molecule has 7 nitrogen and oxygen atoms in total. The lowest BCUT2D eigenvalue weighted by atomic mass is 9.87. The lowest BCUT2D eigenvalue weighted by Crippen LogP contribution is -2.20. The van der Waals surface area contributed by atoms with E-state index in [1.54, 1.807) is 4.68 Å². The number of nitrogens with zero attached hydrogens (tertiary/aromatic N) is 5. The molecule has 0 spiro atoms. The SMILES string of the molecule is C/C(=N\NC(=O)c1ccc(C(C)(C)C)cc1)c1ccc(-n2cnnn2)cc1. The minimum absolute atomic E-state index is 0.0538. The van der Waals surface area contributed by atoms with Gasteiger partial charge >= 0.3 is 0 Å². The van der Waals surface area contributed by atoms with Gasteiger partial charge in [0.2, 0.25) is 0 Å². The Kier molecular flexibility index (Phi) is 5.12. The Hall–Kier alpha value is -3.35. The van der Waals surface area contributed by atoms with Gasteiger partial charge in [-0.05, 0) is 58.2 Å². The quantitative estimate of drug-likeness (QED) is 0.571. The minimum atomic E-state index is -0.236. The number of hydrogen-bond acceptors (Lipinski definition) is 5. The van der Waals surface area contributed by atoms with Gasteiger partial charge < -0.3 is 0 Å². The molecule has 0 unspecified atom stereocenters. The fraction of sp³-hybridized carbons (Fsp3) is 0.250. The average molecular weight is 362 g/mol. The van der Waals surface area contributed by atoms with Crippen LogP contribution in [0.5, 0.6) is 0 Å². The van der Waals surface area contributed by atoms with E-state index in [-0.39, 0.29) is 11.3 Å². The molecule has 0 saturated carbocycles. The van der Waals surface area contributed by atoms with Crippen LogP contribution in [0.3, 0.4) is 0 Å². The number of rotatable bonds is 4. The predicted octanol–water partition coefficient (Wildman–Crippen LogP) is 3.11. The van der Waals surface area contributed by atoms with Gasteiger partial charge in [0.05, 0.1) is 11.4 Å². The molecule has 0 aliphatic rings. The predicted molar refractivity (Wildman–Crippen MR) is 104 cm³/mol. The Balaban J connectivity index is 1.67. The Bertz CT molecular complexity index is 936. The van der Waals surface area contributed by atoms with Gasteiger partial charge in [0.1, 0.15) is 6.33 Å². The molecule has 0 atom stereocenters. The van der Waals surface area contributed by atoms with Crippen LogP contribution < -0.4 is 5.43 Å². The fourth-order valence-electron chi connectivity index (χ4n) is 2.52. The number of carbonyl (C=O) groups excluding carboxylic acids is 1. The third kappa shape index (κ3) is 4.44. The highest BCUT2D eigenvalue weighted by Gasteiger charge is 2.14. The highest BCUT2D eigenvalue weighted by molar-refractivity contribution is 6.00. The molecule has 1 amide bonds. The van der Waals surface area contributed by atoms with Gasteiger partial charge in [-0.3, -0.25) is 4.79 Å². The van der Waals surface area contributed by atoms with Crippen LogP contribution in [-0.4, -0.2) is 31.8 Å². The first-order chi connectivity index (χ1) is 12.8. The van der Waals surface area contributed by atoms with E-state index in [2.05, 4.69) is 46.8 Å². The zero-order valence-corrected chi connectivity index (χ0v) is 15.8. The molecule has 7 heteroatoms. The van der Waals surface area contributed by atoms with Crippen molar-refractivity contribution in [3.63, 3.8) is 0 Å². The molecule has 0 fully saturated rings. The molecule has 27 heavy (non-hydrogen) atoms. The van der Waals surface area contributed by atoms with Crippen molar-refractivity contribution in [1.29, 1.82) is 0 Å². The maximum Gasteiger partial charge on any atom is 0.271 e. The van der Waals surface area contributed by atoms with Gasteiger partial charge in [0.15, 0.2) is 0 Å². The van der Waals surface area contributed by atoms with Crippen LogP contribution in [0.4, 0.5) is 0 Å². The largest absolute Gasteiger partial charge is 0.271 e. The van der Waals surface area contributed by atoms with Gasteiger partial charge in [0, 0.05) is 5.56 Å². The van der Waals surface area contributed by atoms with Crippen molar-refractivity contribution in [2.45, 2.75) is 33.1 Å². The van der Waals surface area contributed by atoms with Crippen molar-refractivity contribution >= 4 is 11.6 Å². The van der Waals surface area contributed by atoms with Crippen molar-refractivity contribution < 1.29 is 4.79 Å². The van der Waals surface area contributed by atoms with Gasteiger partial charge in [-0.1, -0.05) is 45.0 Å². The highest BCUT2D eigenvalue weighted by atomic mass is 16.2. The number of benzene rings is 2. The van der Waals surface area contributed by atoms with Crippen molar-refractivity contribution in [3.8, 4) is 5.69 Å². The molecule has 1 heterocycles. The standard InChI is InChI=1S/C20H22N6O/c1-14(15-7-11-18(12-8-15)26-13-21-24-25-26)22-23-19(27)16-5-9-17(10-6-16)20(2,3)4/h5-13H,1-4H3,(H,23,27)/b22-14+. The first kappa shape index (κ1) is 18.4. The summed E-state index contributed by atoms with van der Waals surface area (Å²) in [5, 5.41) is 15.3. The summed E-state index contributed by atoms with van der Waals surface area (Å²) in [4.78, 5) is 12.3. The molecule has 0 aliphatic heterocycles. The van der Waals surface area contributed by atoms with Crippen molar-refractivity contribution in [3.05, 3.63) is 71.5 Å². The van der Waals surface area contributed by atoms with Crippen LogP contribution in [0.1, 0.15) is 49.2 Å². The molecule has 3 aromatic rings. The van der Waals surface area contributed by atoms with E-state index in [1.807, 2.05) is 55.5 Å². The molecule has 1 aromatic heterocycles. The van der Waals surface area contributed by atoms with Crippen LogP contribution in [0.2, 0.25) is 0 Å². The summed E-state index contributed by atoms with van der Waals surface area (Å²) in [6, 6.07) is 15.2. The number of carbonyl (C=O) groups is 1. The lowest BCUT2D eigenvalue weighted by Gasteiger charge is -2.18. The number of nitrogens with one attached hydrogen (secondary N) is 1. The van der Waals surface area contributed by atoms with Gasteiger partial charge in [-0.2, -0.15) is 5.10 Å². The van der Waals surface area contributed by atoms with Crippen LogP contribution >= 0.6 is 0 Å². The van der Waals surface area contributed by atoms with Crippen molar-refractivity contribution in [2.24, 2.45) is 5.10 Å². The molecular formula is C20H22N6O. The van der Waals surface area contributed by atoms with Gasteiger partial charge in [-0.15, -0.1) is 5.10 Å². The lowest BCUT2D eigenvalue weighted by molar-refractivity contribution is 0.0955. The zero-order chi connectivity index (χ0) is 19.4. The fourth-order valence-corrected chi connectivity index (χ4v) is 2.52. The van der Waals surface area contributed by atoms with E-state index in [0.717, 1.165) is 11.3 Å². The second kappa shape index (κ2) is 7.49. The van der Waals surface area contributed by atoms with Gasteiger partial charge in [-0.25, -0.2) is 10.1 Å². The van der Waals surface area contributed by atoms with E-state index in [4.69, 9.17) is 0 Å². The Morgan fingerprint density at radius 3 is 2.19 bits per heavy atom. The first-order valence-electron chi connectivity index (χ1n) is 8.63. The molecule has 0 aliphatic carbocycles. The monoisotopic (exact) mass is 362 g/mol. The summed E-state index contributed by atoms with van der Waals surface area (Å²) >= 11 is 0. The van der Waals surface area contributed by atoms with E-state index in [9.17, 15) is 4.79 Å². The van der Waals surface area contributed by atoms with Crippen LogP contribution in [0.15, 0.2) is 60.0 Å². The van der Waals surface area contributed by atoms with Gasteiger partial charge in [0.25, 0.3) is 5.91 Å². The highest BCUT2D eigenvalue weighted by Crippen LogP contribution is 2.22. The summed E-state index contributed by atoms with van der Waals surface area (Å²) in [5.74, 6) is -0.236. The van der Waals surface area contributed by atoms with Crippen LogP contribution in [-0.2, 0) is 5.41 Å². The Morgan fingerprint density at radius 1 is 1.00 bits per heavy atom. The average Bonchev–Trinajstić information content (AvgIpc) is 3.20. The normalized spacial score (nSPS) is 12.1. The number of tetrazole rings is 1. The molecule has 0 radical (unpaired) electrons. The van der Waals surface area contributed by atoms with E-state index < -0.39 is 0 Å². The number of amides is 1. The van der Waals surface area contributed by atoms with Crippen molar-refractivity contribution in [2.75, 3.05) is 0 Å². The number of hydrogen-bond donors (Lipinski definition) is 1. The summed E-state index contributed by atoms with van der Waals surface area (Å²) in [5.41, 5.74) is 6.87. The molecule has 0 saturated heterocycles. The topological polar surface area (TPSA) is 85.1 Å². The maximum atomic E-state index is 12.3. The first-order valence-corrected chi connectivity index (χ1v) is 8.63. The number of hydrazone groups is 1. The maximum absolute atomic E-state index is 12.3. The second-order valence-corrected chi connectivity index (χ2v) is 7.27. The third-order valence-electron chi connectivity index (χ3n) is 4.24. The Morgan fingerprint density at radius 2 is 1.63 bits per heavy atom. The molecule has 1 N–H and O–H groups in total. The summed E-state index contributed by atoms with van der Waals surface area (Å²) < 4.78 is 1.57. The van der Waals surface area contributed by atoms with Crippen LogP contribution in [0, 0.1) is 0 Å². The van der Waals surface area contributed by atoms with E-state index >= 15 is 0 Å². The number of aromatic nitrogens is 4. The summed E-state index contributed by atoms with van der Waals surface area (Å²) in [7, 11) is 0. The van der Waals surface area contributed by atoms with Crippen LogP contribution in [0.25, 0.3) is 5.69 Å². The molecule has 138 valence electrons. The smallest absolute Gasteiger partial charge is 0.267 e. The third-order valence-corrected chi connectivity index (χ3v) is 4.24. The molecular weight excluding hydrogens is 340 g/mol. The summed E-state index contributed by atoms with van der Waals surface area (Å²) in [6.07, 6.45) is 1.53. The summed E-state index contributed by atoms with van der Waals surface area (Å²) in [6.45, 7) is 8.26. The van der Waals surface area contributed by atoms with E-state index in [0.29, 0.717) is 11.3 Å². The van der Waals surface area contributed by atoms with Crippen molar-refractivity contribution in [1.82, 2.24) is 25.6 Å².